The van der Waals surface area contributed by atoms with Gasteiger partial charge in [0.25, 0.3) is 0 Å². The van der Waals surface area contributed by atoms with Crippen molar-refractivity contribution >= 4 is 30.3 Å². The first-order valence-electron chi connectivity index (χ1n) is 12.7. The van der Waals surface area contributed by atoms with Crippen molar-refractivity contribution in [2.45, 2.75) is 70.5 Å². The topological polar surface area (TPSA) is 184 Å². The molecule has 7 atom stereocenters. The van der Waals surface area contributed by atoms with Crippen LogP contribution in [0.3, 0.4) is 0 Å². The molecule has 2 aromatic carbocycles. The van der Waals surface area contributed by atoms with Gasteiger partial charge in [-0.1, -0.05) is 36.4 Å². The van der Waals surface area contributed by atoms with Crippen molar-refractivity contribution in [2.75, 3.05) is 5.73 Å². The Kier molecular flexibility index (Phi) is 8.93. The average Bonchev–Trinajstić information content (AvgIpc) is 3.18. The summed E-state index contributed by atoms with van der Waals surface area (Å²) in [6, 6.07) is 12.7. The standard InChI is InChI=1S/C26H33N4O9P/c1-14(2)36-25(33)15(3)29-40(35,39-19-11-7-9-17-8-5-6-10-18(17)19)38-16(4)23-21(31)22(32)24(37-23)30-13-12-20(27)28-26(30)34/h5-16,21-24,31-32H,1-4H3,(H,29,35)(H2,27,28,34)/t15?,16?,21-,22+,23+,24+,40?/m0/s1. The first-order valence-corrected chi connectivity index (χ1v) is 14.2. The van der Waals surface area contributed by atoms with Gasteiger partial charge in [-0.15, -0.1) is 0 Å². The number of aliphatic hydroxyl groups is 2. The van der Waals surface area contributed by atoms with Crippen LogP contribution < -0.4 is 21.0 Å². The molecule has 0 amide bonds. The monoisotopic (exact) mass is 576 g/mol. The number of carbonyl (C=O) groups is 1. The van der Waals surface area contributed by atoms with Crippen molar-refractivity contribution in [3.05, 3.63) is 65.2 Å². The van der Waals surface area contributed by atoms with Gasteiger partial charge in [-0.25, -0.2) is 9.36 Å². The van der Waals surface area contributed by atoms with E-state index in [-0.39, 0.29) is 11.6 Å². The Hall–Kier alpha value is -3.32. The Labute approximate surface area is 230 Å². The molecule has 216 valence electrons. The van der Waals surface area contributed by atoms with Crippen molar-refractivity contribution in [2.24, 2.45) is 0 Å². The number of aliphatic hydroxyl groups excluding tert-OH is 2. The summed E-state index contributed by atoms with van der Waals surface area (Å²) in [5.41, 5.74) is 4.74. The summed E-state index contributed by atoms with van der Waals surface area (Å²) in [6.07, 6.45) is -5.98. The Morgan fingerprint density at radius 3 is 2.50 bits per heavy atom. The van der Waals surface area contributed by atoms with E-state index in [1.54, 1.807) is 38.1 Å². The van der Waals surface area contributed by atoms with Gasteiger partial charge >= 0.3 is 19.4 Å². The minimum Gasteiger partial charge on any atom is -0.462 e. The number of esters is 1. The maximum Gasteiger partial charge on any atom is 0.459 e. The number of carbonyl (C=O) groups excluding carboxylic acids is 1. The number of nitrogens with two attached hydrogens (primary N) is 1. The second-order valence-electron chi connectivity index (χ2n) is 9.73. The molecule has 13 nitrogen and oxygen atoms in total. The molecular weight excluding hydrogens is 543 g/mol. The lowest BCUT2D eigenvalue weighted by atomic mass is 10.1. The predicted molar refractivity (Wildman–Crippen MR) is 145 cm³/mol. The molecule has 1 aliphatic heterocycles. The van der Waals surface area contributed by atoms with Gasteiger partial charge in [0, 0.05) is 11.6 Å². The van der Waals surface area contributed by atoms with Crippen LogP contribution in [0.2, 0.25) is 0 Å². The number of nitrogens with zero attached hydrogens (tertiary/aromatic N) is 2. The van der Waals surface area contributed by atoms with Crippen LogP contribution in [0.15, 0.2) is 59.5 Å². The number of fused-ring (bicyclic) bond motifs is 1. The highest BCUT2D eigenvalue weighted by molar-refractivity contribution is 7.52. The summed E-state index contributed by atoms with van der Waals surface area (Å²) < 4.78 is 37.9. The van der Waals surface area contributed by atoms with Crippen molar-refractivity contribution in [3.63, 3.8) is 0 Å². The summed E-state index contributed by atoms with van der Waals surface area (Å²) in [7, 11) is -4.38. The number of nitrogens with one attached hydrogen (secondary N) is 1. The summed E-state index contributed by atoms with van der Waals surface area (Å²) in [5, 5.41) is 25.5. The van der Waals surface area contributed by atoms with Crippen LogP contribution in [0.5, 0.6) is 5.75 Å². The average molecular weight is 577 g/mol. The zero-order valence-corrected chi connectivity index (χ0v) is 23.3. The molecule has 4 rings (SSSR count). The largest absolute Gasteiger partial charge is 0.462 e. The van der Waals surface area contributed by atoms with Gasteiger partial charge in [0.15, 0.2) is 6.23 Å². The third-order valence-corrected chi connectivity index (χ3v) is 7.94. The van der Waals surface area contributed by atoms with E-state index in [1.165, 1.54) is 26.1 Å². The Bertz CT molecular complexity index is 1460. The van der Waals surface area contributed by atoms with Crippen LogP contribution in [0, 0.1) is 0 Å². The molecule has 5 N–H and O–H groups in total. The Morgan fingerprint density at radius 2 is 1.80 bits per heavy atom. The van der Waals surface area contributed by atoms with E-state index in [9.17, 15) is 24.4 Å². The van der Waals surface area contributed by atoms with Gasteiger partial charge in [0.05, 0.1) is 12.2 Å². The third kappa shape index (κ3) is 6.52. The number of ether oxygens (including phenoxy) is 2. The van der Waals surface area contributed by atoms with E-state index in [1.807, 2.05) is 18.2 Å². The first-order chi connectivity index (χ1) is 18.9. The van der Waals surface area contributed by atoms with E-state index in [4.69, 9.17) is 24.3 Å². The zero-order valence-electron chi connectivity index (χ0n) is 22.4. The number of benzene rings is 2. The fraction of sp³-hybridized carbons (Fsp3) is 0.423. The maximum absolute atomic E-state index is 14.2. The molecule has 1 fully saturated rings. The number of hydrogen-bond donors (Lipinski definition) is 4. The smallest absolute Gasteiger partial charge is 0.459 e. The fourth-order valence-corrected chi connectivity index (χ4v) is 6.02. The number of rotatable bonds is 10. The molecule has 1 saturated heterocycles. The summed E-state index contributed by atoms with van der Waals surface area (Å²) >= 11 is 0. The van der Waals surface area contributed by atoms with E-state index in [0.29, 0.717) is 5.39 Å². The number of anilines is 1. The van der Waals surface area contributed by atoms with Crippen LogP contribution in [0.25, 0.3) is 10.8 Å². The second-order valence-corrected chi connectivity index (χ2v) is 11.4. The van der Waals surface area contributed by atoms with Crippen LogP contribution >= 0.6 is 7.75 Å². The number of nitrogen functional groups attached to an aromatic ring is 1. The minimum absolute atomic E-state index is 0.0229. The molecule has 0 aliphatic carbocycles. The molecule has 40 heavy (non-hydrogen) atoms. The second kappa shape index (κ2) is 12.0. The van der Waals surface area contributed by atoms with Crippen molar-refractivity contribution in [3.8, 4) is 5.75 Å². The van der Waals surface area contributed by atoms with Gasteiger partial charge in [-0.2, -0.15) is 10.1 Å². The maximum atomic E-state index is 14.2. The van der Waals surface area contributed by atoms with E-state index < -0.39 is 62.2 Å². The molecule has 0 bridgehead atoms. The Balaban J connectivity index is 1.61. The molecule has 1 aromatic heterocycles. The lowest BCUT2D eigenvalue weighted by Crippen LogP contribution is -2.41. The predicted octanol–water partition coefficient (Wildman–Crippen LogP) is 2.12. The van der Waals surface area contributed by atoms with Crippen LogP contribution in [0.1, 0.15) is 33.9 Å². The van der Waals surface area contributed by atoms with Gasteiger partial charge < -0.3 is 29.9 Å². The highest BCUT2D eigenvalue weighted by Crippen LogP contribution is 2.49. The van der Waals surface area contributed by atoms with Crippen LogP contribution in [-0.4, -0.2) is 62.3 Å². The zero-order chi connectivity index (χ0) is 29.2. The third-order valence-electron chi connectivity index (χ3n) is 6.19. The molecule has 1 aliphatic rings. The van der Waals surface area contributed by atoms with Crippen molar-refractivity contribution in [1.29, 1.82) is 0 Å². The summed E-state index contributed by atoms with van der Waals surface area (Å²) in [5.74, 6) is -0.489. The van der Waals surface area contributed by atoms with E-state index in [2.05, 4.69) is 10.1 Å². The minimum atomic E-state index is -4.38. The number of hydrogen-bond acceptors (Lipinski definition) is 11. The highest BCUT2D eigenvalue weighted by Gasteiger charge is 2.49. The van der Waals surface area contributed by atoms with Crippen LogP contribution in [-0.2, 0) is 23.4 Å². The van der Waals surface area contributed by atoms with Gasteiger partial charge in [0.1, 0.15) is 35.9 Å². The quantitative estimate of drug-likeness (QED) is 0.204. The highest BCUT2D eigenvalue weighted by atomic mass is 31.2. The molecular formula is C26H33N4O9P. The lowest BCUT2D eigenvalue weighted by Gasteiger charge is -2.29. The fourth-order valence-electron chi connectivity index (χ4n) is 4.31. The number of aromatic nitrogens is 2. The SMILES string of the molecule is CC(C)OC(=O)C(C)NP(=O)(Oc1cccc2ccccc12)OC(C)[C@H]1O[C@@H](n2ccc(N)nc2=O)[C@H](O)[C@@H]1O. The Morgan fingerprint density at radius 1 is 1.10 bits per heavy atom. The normalized spacial score (nSPS) is 24.0. The molecule has 2 heterocycles. The first kappa shape index (κ1) is 29.7. The summed E-state index contributed by atoms with van der Waals surface area (Å²) in [6.45, 7) is 6.25. The lowest BCUT2D eigenvalue weighted by molar-refractivity contribution is -0.149. The van der Waals surface area contributed by atoms with Gasteiger partial charge in [0.2, 0.25) is 0 Å². The van der Waals surface area contributed by atoms with Gasteiger partial charge in [-0.05, 0) is 45.2 Å². The van der Waals surface area contributed by atoms with E-state index in [0.717, 1.165) is 9.95 Å². The summed E-state index contributed by atoms with van der Waals surface area (Å²) in [4.78, 5) is 28.4. The molecule has 3 unspecified atom stereocenters. The molecule has 0 saturated carbocycles. The van der Waals surface area contributed by atoms with Crippen LogP contribution in [0.4, 0.5) is 5.82 Å². The molecule has 3 aromatic rings. The molecule has 14 heteroatoms. The molecule has 0 spiro atoms. The van der Waals surface area contributed by atoms with E-state index >= 15 is 0 Å². The van der Waals surface area contributed by atoms with Crippen molar-refractivity contribution < 1.29 is 38.1 Å². The van der Waals surface area contributed by atoms with Gasteiger partial charge in [-0.3, -0.25) is 13.9 Å². The van der Waals surface area contributed by atoms with Crippen molar-refractivity contribution in [1.82, 2.24) is 14.6 Å². The molecule has 0 radical (unpaired) electrons.